The lowest BCUT2D eigenvalue weighted by Crippen LogP contribution is -2.59. The van der Waals surface area contributed by atoms with Gasteiger partial charge in [-0.2, -0.15) is 0 Å². The Kier molecular flexibility index (Phi) is 13.0. The molecule has 4 aromatic rings. The lowest BCUT2D eigenvalue weighted by molar-refractivity contribution is -0.129. The summed E-state index contributed by atoms with van der Waals surface area (Å²) >= 11 is 0. The Morgan fingerprint density at radius 3 is 2.13 bits per heavy atom. The molecular weight excluding hydrogens is 693 g/mol. The summed E-state index contributed by atoms with van der Waals surface area (Å²) in [6.45, 7) is 14.4. The zero-order valence-corrected chi connectivity index (χ0v) is 33.1. The molecule has 0 radical (unpaired) electrons. The van der Waals surface area contributed by atoms with E-state index in [0.29, 0.717) is 26.1 Å². The molecule has 0 spiro atoms. The Balaban J connectivity index is 1.44. The summed E-state index contributed by atoms with van der Waals surface area (Å²) < 4.78 is 0. The maximum absolute atomic E-state index is 14.6. The molecule has 3 heterocycles. The number of pyridine rings is 2. The minimum Gasteiger partial charge on any atom is -0.465 e. The number of benzene rings is 2. The molecule has 0 saturated carbocycles. The van der Waals surface area contributed by atoms with Crippen molar-refractivity contribution in [3.63, 3.8) is 0 Å². The molecule has 0 bridgehead atoms. The molecule has 11 heteroatoms. The molecule has 1 aliphatic heterocycles. The van der Waals surface area contributed by atoms with Crippen LogP contribution in [-0.4, -0.2) is 95.8 Å². The van der Waals surface area contributed by atoms with Crippen LogP contribution in [0.25, 0.3) is 11.3 Å². The number of nitrogens with zero attached hydrogens (tertiary/aromatic N) is 5. The Morgan fingerprint density at radius 1 is 0.855 bits per heavy atom. The van der Waals surface area contributed by atoms with Crippen molar-refractivity contribution in [3.8, 4) is 11.3 Å². The zero-order valence-electron chi connectivity index (χ0n) is 33.1. The van der Waals surface area contributed by atoms with Crippen molar-refractivity contribution in [2.45, 2.75) is 104 Å². The quantitative estimate of drug-likeness (QED) is 0.127. The van der Waals surface area contributed by atoms with Crippen LogP contribution < -0.4 is 5.32 Å². The van der Waals surface area contributed by atoms with Gasteiger partial charge in [0.1, 0.15) is 6.04 Å². The highest BCUT2D eigenvalue weighted by molar-refractivity contribution is 5.89. The summed E-state index contributed by atoms with van der Waals surface area (Å²) in [6, 6.07) is 26.5. The third kappa shape index (κ3) is 10.7. The summed E-state index contributed by atoms with van der Waals surface area (Å²) in [5.74, 6) is -0.329. The van der Waals surface area contributed by atoms with Crippen LogP contribution >= 0.6 is 0 Å². The molecule has 1 aliphatic rings. The van der Waals surface area contributed by atoms with Crippen molar-refractivity contribution < 1.29 is 24.6 Å². The zero-order chi connectivity index (χ0) is 39.9. The first-order valence-corrected chi connectivity index (χ1v) is 19.0. The van der Waals surface area contributed by atoms with E-state index >= 15 is 0 Å². The van der Waals surface area contributed by atoms with Gasteiger partial charge in [-0.05, 0) is 87.8 Å². The van der Waals surface area contributed by atoms with Crippen molar-refractivity contribution in [3.05, 3.63) is 120 Å². The lowest BCUT2D eigenvalue weighted by Gasteiger charge is -2.43. The third-order valence-electron chi connectivity index (χ3n) is 10.1. The second-order valence-corrected chi connectivity index (χ2v) is 16.6. The van der Waals surface area contributed by atoms with E-state index in [-0.39, 0.29) is 24.8 Å². The SMILES string of the molecule is Cc1cccc(CN2CCN([C@H](C(=O)N[C@@H](Cc3ccc(-c4ccccn4)cc3)C[C@H](O)[C@H](Cc3ccccc3)N(C(=O)O)C(C)(C)C)C(C)(C)C)C2=O)n1. The van der Waals surface area contributed by atoms with Crippen LogP contribution in [0.4, 0.5) is 9.59 Å². The van der Waals surface area contributed by atoms with Gasteiger partial charge in [0.05, 0.1) is 30.1 Å². The van der Waals surface area contributed by atoms with Crippen molar-refractivity contribution in [2.24, 2.45) is 5.41 Å². The lowest BCUT2D eigenvalue weighted by atomic mass is 9.84. The van der Waals surface area contributed by atoms with Gasteiger partial charge in [0.25, 0.3) is 0 Å². The average molecular weight is 749 g/mol. The average Bonchev–Trinajstić information content (AvgIpc) is 3.45. The maximum atomic E-state index is 14.6. The number of amides is 4. The van der Waals surface area contributed by atoms with Crippen molar-refractivity contribution in [1.29, 1.82) is 0 Å². The normalized spacial score (nSPS) is 15.7. The van der Waals surface area contributed by atoms with Crippen LogP contribution in [0.1, 0.15) is 70.5 Å². The van der Waals surface area contributed by atoms with E-state index in [9.17, 15) is 24.6 Å². The molecule has 0 aliphatic carbocycles. The van der Waals surface area contributed by atoms with Crippen LogP contribution in [0.5, 0.6) is 0 Å². The number of aromatic nitrogens is 2. The first-order chi connectivity index (χ1) is 26.0. The van der Waals surface area contributed by atoms with Crippen molar-refractivity contribution in [2.75, 3.05) is 13.1 Å². The van der Waals surface area contributed by atoms with Crippen LogP contribution in [-0.2, 0) is 24.2 Å². The molecule has 1 saturated heterocycles. The van der Waals surface area contributed by atoms with Gasteiger partial charge in [0.2, 0.25) is 5.91 Å². The Hall–Kier alpha value is -5.29. The first kappa shape index (κ1) is 40.9. The summed E-state index contributed by atoms with van der Waals surface area (Å²) in [4.78, 5) is 55.0. The van der Waals surface area contributed by atoms with Crippen LogP contribution in [0.2, 0.25) is 0 Å². The minimum absolute atomic E-state index is 0.0705. The fraction of sp³-hybridized carbons (Fsp3) is 0.432. The molecule has 4 atom stereocenters. The van der Waals surface area contributed by atoms with Crippen molar-refractivity contribution >= 4 is 18.0 Å². The highest BCUT2D eigenvalue weighted by atomic mass is 16.4. The molecule has 2 aromatic heterocycles. The smallest absolute Gasteiger partial charge is 0.408 e. The van der Waals surface area contributed by atoms with Crippen LogP contribution in [0.3, 0.4) is 0 Å². The first-order valence-electron chi connectivity index (χ1n) is 19.0. The van der Waals surface area contributed by atoms with Crippen molar-refractivity contribution in [1.82, 2.24) is 30.0 Å². The predicted molar refractivity (Wildman–Crippen MR) is 214 cm³/mol. The van der Waals surface area contributed by atoms with Gasteiger partial charge >= 0.3 is 12.1 Å². The summed E-state index contributed by atoms with van der Waals surface area (Å²) in [5.41, 5.74) is 3.79. The number of rotatable bonds is 14. The summed E-state index contributed by atoms with van der Waals surface area (Å²) in [5, 5.41) is 25.8. The molecule has 5 rings (SSSR count). The molecule has 2 aromatic carbocycles. The molecule has 11 nitrogen and oxygen atoms in total. The van der Waals surface area contributed by atoms with E-state index in [1.807, 2.05) is 139 Å². The largest absolute Gasteiger partial charge is 0.465 e. The van der Waals surface area contributed by atoms with Gasteiger partial charge in [-0.15, -0.1) is 0 Å². The fourth-order valence-corrected chi connectivity index (χ4v) is 7.61. The monoisotopic (exact) mass is 748 g/mol. The number of aliphatic hydroxyl groups is 1. The molecule has 1 fully saturated rings. The number of carboxylic acid groups (broad SMARTS) is 1. The van der Waals surface area contributed by atoms with E-state index in [4.69, 9.17) is 0 Å². The highest BCUT2D eigenvalue weighted by Crippen LogP contribution is 2.30. The standard InChI is InChI=1S/C44H56N6O5/c1-30-14-13-17-34(46-30)29-48-24-25-49(41(48)53)39(43(2,3)4)40(52)47-35(26-32-19-21-33(22-20-32)36-18-11-12-23-45-36)28-38(51)37(27-31-15-9-8-10-16-31)50(42(54)55)44(5,6)7/h8-23,35,37-39,51H,24-29H2,1-7H3,(H,47,52)(H,54,55)/t35-,37-,38-,39+/m0/s1. The topological polar surface area (TPSA) is 139 Å². The van der Waals surface area contributed by atoms with E-state index in [1.54, 1.807) is 16.0 Å². The third-order valence-corrected chi connectivity index (χ3v) is 10.1. The number of hydrogen-bond acceptors (Lipinski definition) is 6. The van der Waals surface area contributed by atoms with Crippen LogP contribution in [0, 0.1) is 12.3 Å². The summed E-state index contributed by atoms with van der Waals surface area (Å²) in [6.07, 6.45) is 0.179. The number of hydrogen-bond donors (Lipinski definition) is 3. The van der Waals surface area contributed by atoms with Gasteiger partial charge in [0.15, 0.2) is 0 Å². The number of nitrogens with one attached hydrogen (secondary N) is 1. The predicted octanol–water partition coefficient (Wildman–Crippen LogP) is 6.97. The molecule has 55 heavy (non-hydrogen) atoms. The number of urea groups is 1. The van der Waals surface area contributed by atoms with Gasteiger partial charge < -0.3 is 25.3 Å². The minimum atomic E-state index is -1.15. The Morgan fingerprint density at radius 2 is 1.53 bits per heavy atom. The van der Waals surface area contributed by atoms with Gasteiger partial charge in [-0.3, -0.25) is 19.7 Å². The number of carbonyl (C=O) groups is 3. The second kappa shape index (κ2) is 17.5. The fourth-order valence-electron chi connectivity index (χ4n) is 7.61. The number of carbonyl (C=O) groups excluding carboxylic acids is 2. The van der Waals surface area contributed by atoms with Crippen LogP contribution in [0.15, 0.2) is 97.2 Å². The van der Waals surface area contributed by atoms with E-state index in [1.165, 1.54) is 4.90 Å². The summed E-state index contributed by atoms with van der Waals surface area (Å²) in [7, 11) is 0. The van der Waals surface area contributed by atoms with Gasteiger partial charge in [0, 0.05) is 42.1 Å². The van der Waals surface area contributed by atoms with Gasteiger partial charge in [-0.1, -0.05) is 87.5 Å². The molecule has 292 valence electrons. The number of aliphatic hydroxyl groups excluding tert-OH is 1. The Bertz CT molecular complexity index is 1890. The van der Waals surface area contributed by atoms with Gasteiger partial charge in [-0.25, -0.2) is 9.59 Å². The highest BCUT2D eigenvalue weighted by Gasteiger charge is 2.44. The van der Waals surface area contributed by atoms with E-state index in [2.05, 4.69) is 15.3 Å². The van der Waals surface area contributed by atoms with E-state index in [0.717, 1.165) is 33.8 Å². The molecule has 3 N–H and O–H groups in total. The Labute approximate surface area is 325 Å². The molecule has 4 amide bonds. The second-order valence-electron chi connectivity index (χ2n) is 16.6. The van der Waals surface area contributed by atoms with E-state index < -0.39 is 41.3 Å². The number of aryl methyl sites for hydroxylation is 1. The molecule has 0 unspecified atom stereocenters. The maximum Gasteiger partial charge on any atom is 0.408 e. The molecular formula is C44H56N6O5.